The summed E-state index contributed by atoms with van der Waals surface area (Å²) in [6, 6.07) is 13.0. The predicted molar refractivity (Wildman–Crippen MR) is 86.1 cm³/mol. The van der Waals surface area contributed by atoms with Crippen LogP contribution in [0.3, 0.4) is 0 Å². The topological polar surface area (TPSA) is 65.8 Å². The van der Waals surface area contributed by atoms with Crippen LogP contribution in [0.25, 0.3) is 10.4 Å². The number of azide groups is 1. The summed E-state index contributed by atoms with van der Waals surface area (Å²) in [5.41, 5.74) is 9.20. The van der Waals surface area contributed by atoms with Crippen molar-refractivity contribution in [2.24, 2.45) is 5.11 Å². The highest BCUT2D eigenvalue weighted by molar-refractivity contribution is 7.16. The molecule has 4 nitrogen and oxygen atoms in total. The van der Waals surface area contributed by atoms with Crippen molar-refractivity contribution in [1.82, 2.24) is 0 Å². The molecule has 0 aliphatic carbocycles. The molecule has 1 aromatic heterocycles. The maximum Gasteiger partial charge on any atom is 0.162 e. The van der Waals surface area contributed by atoms with Gasteiger partial charge in [-0.25, -0.2) is 0 Å². The molecule has 1 heterocycles. The molecule has 2 aromatic rings. The number of rotatable bonds is 7. The standard InChI is InChI=1S/C15H14ClN3OS/c16-15-9-8-14(21-15)12(10-18-19-17)6-7-13(20)11-4-2-1-3-5-11/h1-5,8-9,12H,6-7,10H2. The van der Waals surface area contributed by atoms with Gasteiger partial charge in [-0.05, 0) is 30.0 Å². The largest absolute Gasteiger partial charge is 0.294 e. The lowest BCUT2D eigenvalue weighted by molar-refractivity contribution is 0.0978. The molecule has 6 heteroatoms. The van der Waals surface area contributed by atoms with E-state index >= 15 is 0 Å². The van der Waals surface area contributed by atoms with E-state index in [-0.39, 0.29) is 11.7 Å². The van der Waals surface area contributed by atoms with Gasteiger partial charge in [0.1, 0.15) is 0 Å². The van der Waals surface area contributed by atoms with Gasteiger partial charge in [0.25, 0.3) is 0 Å². The summed E-state index contributed by atoms with van der Waals surface area (Å²) in [5, 5.41) is 3.64. The zero-order chi connectivity index (χ0) is 15.1. The maximum atomic E-state index is 12.1. The number of ketones is 1. The highest BCUT2D eigenvalue weighted by atomic mass is 35.5. The normalized spacial score (nSPS) is 11.7. The lowest BCUT2D eigenvalue weighted by atomic mass is 9.97. The quantitative estimate of drug-likeness (QED) is 0.289. The first-order valence-corrected chi connectivity index (χ1v) is 7.74. The van der Waals surface area contributed by atoms with E-state index in [1.165, 1.54) is 11.3 Å². The van der Waals surface area contributed by atoms with Crippen LogP contribution in [0.2, 0.25) is 4.34 Å². The van der Waals surface area contributed by atoms with Crippen molar-refractivity contribution in [2.45, 2.75) is 18.8 Å². The third-order valence-corrected chi connectivity index (χ3v) is 4.57. The lowest BCUT2D eigenvalue weighted by Crippen LogP contribution is -2.06. The third-order valence-electron chi connectivity index (χ3n) is 3.18. The summed E-state index contributed by atoms with van der Waals surface area (Å²) in [6.07, 6.45) is 1.06. The molecule has 0 fully saturated rings. The van der Waals surface area contributed by atoms with Crippen LogP contribution in [-0.2, 0) is 0 Å². The van der Waals surface area contributed by atoms with Crippen molar-refractivity contribution < 1.29 is 4.79 Å². The van der Waals surface area contributed by atoms with Gasteiger partial charge in [0.2, 0.25) is 0 Å². The van der Waals surface area contributed by atoms with E-state index in [0.717, 1.165) is 4.88 Å². The monoisotopic (exact) mass is 319 g/mol. The van der Waals surface area contributed by atoms with E-state index in [1.54, 1.807) is 0 Å². The summed E-state index contributed by atoms with van der Waals surface area (Å²) >= 11 is 7.41. The fourth-order valence-electron chi connectivity index (χ4n) is 2.08. The predicted octanol–water partition coefficient (Wildman–Crippen LogP) is 5.46. The second kappa shape index (κ2) is 7.84. The van der Waals surface area contributed by atoms with Gasteiger partial charge in [0.05, 0.1) is 4.34 Å². The van der Waals surface area contributed by atoms with E-state index in [4.69, 9.17) is 17.1 Å². The molecule has 0 aliphatic rings. The Morgan fingerprint density at radius 1 is 1.29 bits per heavy atom. The van der Waals surface area contributed by atoms with Crippen molar-refractivity contribution in [1.29, 1.82) is 0 Å². The first-order chi connectivity index (χ1) is 10.2. The highest BCUT2D eigenvalue weighted by Gasteiger charge is 2.15. The first kappa shape index (κ1) is 15.6. The Hall–Kier alpha value is -1.81. The molecule has 0 bridgehead atoms. The van der Waals surface area contributed by atoms with E-state index < -0.39 is 0 Å². The zero-order valence-corrected chi connectivity index (χ0v) is 12.8. The average Bonchev–Trinajstić information content (AvgIpc) is 2.94. The Kier molecular flexibility index (Phi) is 5.81. The van der Waals surface area contributed by atoms with Crippen LogP contribution in [-0.4, -0.2) is 12.3 Å². The van der Waals surface area contributed by atoms with Crippen LogP contribution in [0.4, 0.5) is 0 Å². The Morgan fingerprint density at radius 2 is 2.05 bits per heavy atom. The van der Waals surface area contributed by atoms with Gasteiger partial charge in [0, 0.05) is 28.3 Å². The molecular formula is C15H14ClN3OS. The maximum absolute atomic E-state index is 12.1. The van der Waals surface area contributed by atoms with Crippen molar-refractivity contribution in [3.63, 3.8) is 0 Å². The second-order valence-electron chi connectivity index (χ2n) is 4.58. The van der Waals surface area contributed by atoms with Crippen LogP contribution >= 0.6 is 22.9 Å². The molecule has 1 atom stereocenters. The number of nitrogens with zero attached hydrogens (tertiary/aromatic N) is 3. The molecule has 0 saturated carbocycles. The molecule has 108 valence electrons. The van der Waals surface area contributed by atoms with Crippen LogP contribution in [0.5, 0.6) is 0 Å². The van der Waals surface area contributed by atoms with Gasteiger partial charge >= 0.3 is 0 Å². The molecule has 0 spiro atoms. The number of carbonyl (C=O) groups excluding carboxylic acids is 1. The minimum Gasteiger partial charge on any atom is -0.294 e. The van der Waals surface area contributed by atoms with Gasteiger partial charge in [-0.2, -0.15) is 0 Å². The SMILES string of the molecule is [N-]=[N+]=NCC(CCC(=O)c1ccccc1)c1ccc(Cl)s1. The molecule has 1 unspecified atom stereocenters. The Labute approximate surface area is 132 Å². The number of carbonyl (C=O) groups is 1. The number of hydrogen-bond acceptors (Lipinski definition) is 3. The molecule has 21 heavy (non-hydrogen) atoms. The molecule has 1 aromatic carbocycles. The summed E-state index contributed by atoms with van der Waals surface area (Å²) in [5.74, 6) is 0.134. The molecule has 0 amide bonds. The third kappa shape index (κ3) is 4.60. The number of halogens is 1. The molecule has 2 rings (SSSR count). The minimum absolute atomic E-state index is 0.0334. The Balaban J connectivity index is 2.02. The van der Waals surface area contributed by atoms with Crippen molar-refractivity contribution in [3.05, 3.63) is 67.7 Å². The first-order valence-electron chi connectivity index (χ1n) is 6.55. The van der Waals surface area contributed by atoms with Crippen molar-refractivity contribution in [2.75, 3.05) is 6.54 Å². The fourth-order valence-corrected chi connectivity index (χ4v) is 3.27. The number of benzene rings is 1. The summed E-state index contributed by atoms with van der Waals surface area (Å²) < 4.78 is 0.699. The molecular weight excluding hydrogens is 306 g/mol. The second-order valence-corrected chi connectivity index (χ2v) is 6.33. The van der Waals surface area contributed by atoms with Crippen molar-refractivity contribution >= 4 is 28.7 Å². The van der Waals surface area contributed by atoms with Gasteiger partial charge in [0.15, 0.2) is 5.78 Å². The number of Topliss-reactive ketones (excluding diaryl/α,β-unsaturated/α-hetero) is 1. The van der Waals surface area contributed by atoms with Gasteiger partial charge in [-0.1, -0.05) is 47.0 Å². The lowest BCUT2D eigenvalue weighted by Gasteiger charge is -2.12. The van der Waals surface area contributed by atoms with E-state index in [2.05, 4.69) is 10.0 Å². The Morgan fingerprint density at radius 3 is 2.67 bits per heavy atom. The van der Waals surface area contributed by atoms with E-state index in [0.29, 0.717) is 29.3 Å². The molecule has 0 saturated heterocycles. The molecule has 0 aliphatic heterocycles. The molecule has 0 N–H and O–H groups in total. The highest BCUT2D eigenvalue weighted by Crippen LogP contribution is 2.31. The number of thiophene rings is 1. The zero-order valence-electron chi connectivity index (χ0n) is 11.3. The van der Waals surface area contributed by atoms with Crippen molar-refractivity contribution in [3.8, 4) is 0 Å². The van der Waals surface area contributed by atoms with Gasteiger partial charge < -0.3 is 0 Å². The molecule has 0 radical (unpaired) electrons. The smallest absolute Gasteiger partial charge is 0.162 e. The van der Waals surface area contributed by atoms with E-state index in [9.17, 15) is 4.79 Å². The summed E-state index contributed by atoms with van der Waals surface area (Å²) in [6.45, 7) is 0.343. The summed E-state index contributed by atoms with van der Waals surface area (Å²) in [7, 11) is 0. The summed E-state index contributed by atoms with van der Waals surface area (Å²) in [4.78, 5) is 16.0. The van der Waals surface area contributed by atoms with Crippen LogP contribution in [0.1, 0.15) is 34.0 Å². The van der Waals surface area contributed by atoms with E-state index in [1.807, 2.05) is 42.5 Å². The van der Waals surface area contributed by atoms with Crippen LogP contribution < -0.4 is 0 Å². The fraction of sp³-hybridized carbons (Fsp3) is 0.267. The Bertz CT molecular complexity index is 650. The van der Waals surface area contributed by atoms with Gasteiger partial charge in [-0.3, -0.25) is 4.79 Å². The van der Waals surface area contributed by atoms with Crippen LogP contribution in [0.15, 0.2) is 47.6 Å². The number of hydrogen-bond donors (Lipinski definition) is 0. The average molecular weight is 320 g/mol. The minimum atomic E-state index is 0.0334. The van der Waals surface area contributed by atoms with Gasteiger partial charge in [-0.15, -0.1) is 11.3 Å². The van der Waals surface area contributed by atoms with Crippen LogP contribution in [0, 0.1) is 0 Å².